The van der Waals surface area contributed by atoms with Gasteiger partial charge in [-0.3, -0.25) is 4.21 Å². The molecule has 0 amide bonds. The Balaban J connectivity index is 1.92. The zero-order chi connectivity index (χ0) is 15.0. The normalized spacial score (nSPS) is 14.6. The number of anilines is 1. The van der Waals surface area contributed by atoms with Gasteiger partial charge in [-0.1, -0.05) is 27.5 Å². The fourth-order valence-electron chi connectivity index (χ4n) is 2.40. The van der Waals surface area contributed by atoms with Gasteiger partial charge in [0.1, 0.15) is 5.75 Å². The summed E-state index contributed by atoms with van der Waals surface area (Å²) in [5, 5.41) is 0.648. The van der Waals surface area contributed by atoms with Crippen LogP contribution in [0.15, 0.2) is 39.7 Å². The summed E-state index contributed by atoms with van der Waals surface area (Å²) in [6.07, 6.45) is 0.843. The van der Waals surface area contributed by atoms with E-state index < -0.39 is 10.8 Å². The molecule has 0 aliphatic carbocycles. The summed E-state index contributed by atoms with van der Waals surface area (Å²) in [7, 11) is -1.24. The lowest BCUT2D eigenvalue weighted by Crippen LogP contribution is -2.02. The van der Waals surface area contributed by atoms with Gasteiger partial charge in [-0.2, -0.15) is 0 Å². The maximum absolute atomic E-state index is 12.6. The van der Waals surface area contributed by atoms with Gasteiger partial charge in [-0.15, -0.1) is 0 Å². The highest BCUT2D eigenvalue weighted by Crippen LogP contribution is 2.34. The van der Waals surface area contributed by atoms with E-state index in [9.17, 15) is 4.21 Å². The van der Waals surface area contributed by atoms with Gasteiger partial charge in [0.05, 0.1) is 28.1 Å². The number of hydrogen-bond acceptors (Lipinski definition) is 3. The first-order valence-electron chi connectivity index (χ1n) is 6.42. The van der Waals surface area contributed by atoms with Gasteiger partial charge >= 0.3 is 0 Å². The van der Waals surface area contributed by atoms with Crippen LogP contribution in [0, 0.1) is 0 Å². The second-order valence-corrected chi connectivity index (χ2v) is 7.60. The van der Waals surface area contributed by atoms with E-state index in [1.165, 1.54) is 0 Å². The first kappa shape index (κ1) is 14.9. The molecule has 0 saturated carbocycles. The van der Waals surface area contributed by atoms with Crippen molar-refractivity contribution in [3.8, 4) is 5.75 Å². The van der Waals surface area contributed by atoms with Crippen LogP contribution in [0.3, 0.4) is 0 Å². The Labute approximate surface area is 139 Å². The molecule has 0 aromatic heterocycles. The van der Waals surface area contributed by atoms with Crippen molar-refractivity contribution in [2.24, 2.45) is 0 Å². The SMILES string of the molecule is Nc1cc(Br)ccc1S(=O)Cc1cc(Cl)cc2c1OCC2. The molecule has 1 unspecified atom stereocenters. The quantitative estimate of drug-likeness (QED) is 0.813. The van der Waals surface area contributed by atoms with Crippen molar-refractivity contribution >= 4 is 44.0 Å². The molecule has 0 bridgehead atoms. The van der Waals surface area contributed by atoms with Crippen LogP contribution in [0.1, 0.15) is 11.1 Å². The highest BCUT2D eigenvalue weighted by molar-refractivity contribution is 9.10. The zero-order valence-corrected chi connectivity index (χ0v) is 14.2. The van der Waals surface area contributed by atoms with Crippen LogP contribution in [0.5, 0.6) is 5.75 Å². The molecule has 1 heterocycles. The third-order valence-electron chi connectivity index (χ3n) is 3.33. The van der Waals surface area contributed by atoms with Crippen molar-refractivity contribution in [1.29, 1.82) is 0 Å². The molecule has 0 fully saturated rings. The topological polar surface area (TPSA) is 52.3 Å². The van der Waals surface area contributed by atoms with E-state index in [4.69, 9.17) is 22.1 Å². The summed E-state index contributed by atoms with van der Waals surface area (Å²) < 4.78 is 19.1. The van der Waals surface area contributed by atoms with E-state index in [1.807, 2.05) is 18.2 Å². The Morgan fingerprint density at radius 1 is 1.33 bits per heavy atom. The van der Waals surface area contributed by atoms with E-state index in [2.05, 4.69) is 15.9 Å². The third kappa shape index (κ3) is 3.10. The highest BCUT2D eigenvalue weighted by Gasteiger charge is 2.20. The first-order chi connectivity index (χ1) is 10.0. The number of nitrogens with two attached hydrogens (primary N) is 1. The van der Waals surface area contributed by atoms with Gasteiger partial charge < -0.3 is 10.5 Å². The summed E-state index contributed by atoms with van der Waals surface area (Å²) in [5.74, 6) is 1.16. The number of benzene rings is 2. The Morgan fingerprint density at radius 2 is 2.14 bits per heavy atom. The molecule has 0 radical (unpaired) electrons. The zero-order valence-electron chi connectivity index (χ0n) is 11.1. The molecular weight excluding hydrogens is 374 g/mol. The Kier molecular flexibility index (Phi) is 4.24. The van der Waals surface area contributed by atoms with E-state index in [-0.39, 0.29) is 0 Å². The van der Waals surface area contributed by atoms with Gasteiger partial charge in [-0.25, -0.2) is 0 Å². The molecule has 2 aromatic carbocycles. The molecule has 3 rings (SSSR count). The molecule has 110 valence electrons. The van der Waals surface area contributed by atoms with Gasteiger partial charge in [0.15, 0.2) is 0 Å². The van der Waals surface area contributed by atoms with Gasteiger partial charge in [-0.05, 0) is 35.9 Å². The first-order valence-corrected chi connectivity index (χ1v) is 8.91. The summed E-state index contributed by atoms with van der Waals surface area (Å²) in [4.78, 5) is 0.630. The molecule has 3 nitrogen and oxygen atoms in total. The van der Waals surface area contributed by atoms with E-state index in [0.29, 0.717) is 28.0 Å². The number of nitrogen functional groups attached to an aromatic ring is 1. The molecular formula is C15H13BrClNO2S. The molecule has 2 N–H and O–H groups in total. The number of hydrogen-bond donors (Lipinski definition) is 1. The van der Waals surface area contributed by atoms with Crippen molar-refractivity contribution in [3.63, 3.8) is 0 Å². The minimum Gasteiger partial charge on any atom is -0.493 e. The molecule has 1 aliphatic rings. The van der Waals surface area contributed by atoms with E-state index in [0.717, 1.165) is 27.8 Å². The predicted molar refractivity (Wildman–Crippen MR) is 89.3 cm³/mol. The van der Waals surface area contributed by atoms with Gasteiger partial charge in [0, 0.05) is 27.2 Å². The molecule has 0 spiro atoms. The van der Waals surface area contributed by atoms with Crippen molar-refractivity contribution in [2.45, 2.75) is 17.1 Å². The lowest BCUT2D eigenvalue weighted by Gasteiger charge is -2.10. The minimum absolute atomic E-state index is 0.342. The fraction of sp³-hybridized carbons (Fsp3) is 0.200. The van der Waals surface area contributed by atoms with Crippen LogP contribution in [-0.4, -0.2) is 10.8 Å². The van der Waals surface area contributed by atoms with Crippen molar-refractivity contribution in [1.82, 2.24) is 0 Å². The second-order valence-electron chi connectivity index (χ2n) is 4.82. The number of rotatable bonds is 3. The minimum atomic E-state index is -1.24. The molecule has 1 aliphatic heterocycles. The molecule has 1 atom stereocenters. The summed E-state index contributed by atoms with van der Waals surface area (Å²) in [5.41, 5.74) is 8.41. The van der Waals surface area contributed by atoms with Crippen LogP contribution >= 0.6 is 27.5 Å². The summed E-state index contributed by atoms with van der Waals surface area (Å²) in [6, 6.07) is 9.10. The lowest BCUT2D eigenvalue weighted by atomic mass is 10.1. The van der Waals surface area contributed by atoms with Crippen LogP contribution in [0.4, 0.5) is 5.69 Å². The lowest BCUT2D eigenvalue weighted by molar-refractivity contribution is 0.354. The molecule has 21 heavy (non-hydrogen) atoms. The van der Waals surface area contributed by atoms with Gasteiger partial charge in [0.25, 0.3) is 0 Å². The fourth-order valence-corrected chi connectivity index (χ4v) is 4.24. The van der Waals surface area contributed by atoms with Crippen molar-refractivity contribution < 1.29 is 8.95 Å². The molecule has 6 heteroatoms. The monoisotopic (exact) mass is 385 g/mol. The van der Waals surface area contributed by atoms with E-state index in [1.54, 1.807) is 12.1 Å². The maximum atomic E-state index is 12.6. The van der Waals surface area contributed by atoms with Crippen LogP contribution in [-0.2, 0) is 23.0 Å². The average Bonchev–Trinajstić information content (AvgIpc) is 2.86. The number of ether oxygens (including phenoxy) is 1. The average molecular weight is 387 g/mol. The predicted octanol–water partition coefficient (Wildman–Crippen LogP) is 3.93. The maximum Gasteiger partial charge on any atom is 0.126 e. The Bertz CT molecular complexity index is 736. The van der Waals surface area contributed by atoms with Crippen LogP contribution in [0.25, 0.3) is 0 Å². The summed E-state index contributed by atoms with van der Waals surface area (Å²) >= 11 is 9.47. The second kappa shape index (κ2) is 5.99. The smallest absolute Gasteiger partial charge is 0.126 e. The third-order valence-corrected chi connectivity index (χ3v) is 5.48. The molecule has 2 aromatic rings. The van der Waals surface area contributed by atoms with Crippen molar-refractivity contribution in [2.75, 3.05) is 12.3 Å². The van der Waals surface area contributed by atoms with E-state index >= 15 is 0 Å². The van der Waals surface area contributed by atoms with Crippen LogP contribution in [0.2, 0.25) is 5.02 Å². The van der Waals surface area contributed by atoms with Crippen LogP contribution < -0.4 is 10.5 Å². The Hall–Kier alpha value is -1.04. The number of halogens is 2. The Morgan fingerprint density at radius 3 is 2.90 bits per heavy atom. The number of fused-ring (bicyclic) bond motifs is 1. The molecule has 0 saturated heterocycles. The standard InChI is InChI=1S/C15H13BrClNO2S/c16-11-1-2-14(13(18)7-11)21(19)8-10-6-12(17)5-9-3-4-20-15(9)10/h1-2,5-7H,3-4,8,18H2. The van der Waals surface area contributed by atoms with Crippen molar-refractivity contribution in [3.05, 3.63) is 51.0 Å². The summed E-state index contributed by atoms with van der Waals surface area (Å²) in [6.45, 7) is 0.649. The largest absolute Gasteiger partial charge is 0.493 e. The van der Waals surface area contributed by atoms with Gasteiger partial charge in [0.2, 0.25) is 0 Å². The highest BCUT2D eigenvalue weighted by atomic mass is 79.9.